The van der Waals surface area contributed by atoms with Crippen LogP contribution in [-0.2, 0) is 28.6 Å². The van der Waals surface area contributed by atoms with E-state index in [0.29, 0.717) is 5.57 Å². The van der Waals surface area contributed by atoms with Crippen LogP contribution in [0, 0.1) is 0 Å². The Kier molecular flexibility index (Phi) is 6.36. The van der Waals surface area contributed by atoms with Crippen molar-refractivity contribution in [2.24, 2.45) is 0 Å². The van der Waals surface area contributed by atoms with Crippen LogP contribution in [0.1, 0.15) is 27.2 Å². The zero-order valence-electron chi connectivity index (χ0n) is 12.7. The Bertz CT molecular complexity index is 445. The molecule has 0 saturated carbocycles. The second kappa shape index (κ2) is 7.78. The highest BCUT2D eigenvalue weighted by molar-refractivity contribution is 5.89. The number of amides is 1. The van der Waals surface area contributed by atoms with Crippen LogP contribution in [0.3, 0.4) is 0 Å². The summed E-state index contributed by atoms with van der Waals surface area (Å²) in [5.74, 6) is -1.24. The number of methoxy groups -OCH3 is 1. The van der Waals surface area contributed by atoms with Crippen molar-refractivity contribution >= 4 is 17.8 Å². The molecule has 0 fully saturated rings. The maximum atomic E-state index is 11.8. The fraction of sp³-hybridized carbons (Fsp3) is 0.643. The van der Waals surface area contributed by atoms with Gasteiger partial charge in [-0.25, -0.2) is 4.79 Å². The lowest BCUT2D eigenvalue weighted by atomic mass is 9.89. The number of carbonyl (C=O) groups excluding carboxylic acids is 3. The Morgan fingerprint density at radius 1 is 1.33 bits per heavy atom. The second-order valence-electron chi connectivity index (χ2n) is 4.69. The standard InChI is InChI=1S/C14H21NO6/c1-5-20-14(18)10-6-11(19-4)13(15-8(2)16)12(7-10)21-9(3)17/h6,11-13H,5,7H2,1-4H3,(H,15,16)/t11-,12+,13+/m1/s1. The first-order chi connectivity index (χ1) is 9.88. The summed E-state index contributed by atoms with van der Waals surface area (Å²) in [6, 6.07) is -0.547. The van der Waals surface area contributed by atoms with Gasteiger partial charge in [-0.15, -0.1) is 0 Å². The van der Waals surface area contributed by atoms with Gasteiger partial charge in [0.15, 0.2) is 0 Å². The zero-order chi connectivity index (χ0) is 16.0. The Labute approximate surface area is 123 Å². The Hall–Kier alpha value is -1.89. The molecule has 7 nitrogen and oxygen atoms in total. The molecule has 0 unspecified atom stereocenters. The first-order valence-corrected chi connectivity index (χ1v) is 6.74. The number of esters is 2. The molecule has 1 aliphatic rings. The smallest absolute Gasteiger partial charge is 0.333 e. The molecule has 0 radical (unpaired) electrons. The second-order valence-corrected chi connectivity index (χ2v) is 4.69. The van der Waals surface area contributed by atoms with Crippen LogP contribution in [0.25, 0.3) is 0 Å². The van der Waals surface area contributed by atoms with Crippen molar-refractivity contribution in [3.05, 3.63) is 11.6 Å². The third kappa shape index (κ3) is 4.86. The third-order valence-corrected chi connectivity index (χ3v) is 3.04. The van der Waals surface area contributed by atoms with Gasteiger partial charge in [0, 0.05) is 33.0 Å². The first-order valence-electron chi connectivity index (χ1n) is 6.74. The molecule has 1 N–H and O–H groups in total. The van der Waals surface area contributed by atoms with Gasteiger partial charge in [-0.3, -0.25) is 9.59 Å². The van der Waals surface area contributed by atoms with Gasteiger partial charge < -0.3 is 19.5 Å². The van der Waals surface area contributed by atoms with Gasteiger partial charge in [-0.1, -0.05) is 0 Å². The lowest BCUT2D eigenvalue weighted by molar-refractivity contribution is -0.152. The number of rotatable bonds is 5. The normalized spacial score (nSPS) is 24.8. The van der Waals surface area contributed by atoms with Crippen molar-refractivity contribution in [1.82, 2.24) is 5.32 Å². The molecule has 0 spiro atoms. The molecule has 118 valence electrons. The lowest BCUT2D eigenvalue weighted by Crippen LogP contribution is -2.54. The van der Waals surface area contributed by atoms with Crippen LogP contribution in [0.2, 0.25) is 0 Å². The van der Waals surface area contributed by atoms with Gasteiger partial charge in [0.1, 0.15) is 6.10 Å². The highest BCUT2D eigenvalue weighted by Gasteiger charge is 2.38. The molecule has 21 heavy (non-hydrogen) atoms. The molecule has 0 aromatic heterocycles. The van der Waals surface area contributed by atoms with Crippen molar-refractivity contribution in [2.45, 2.75) is 45.4 Å². The van der Waals surface area contributed by atoms with Crippen LogP contribution in [0.5, 0.6) is 0 Å². The molecule has 0 heterocycles. The van der Waals surface area contributed by atoms with E-state index in [1.807, 2.05) is 0 Å². The molecule has 1 amide bonds. The summed E-state index contributed by atoms with van der Waals surface area (Å²) in [6.45, 7) is 4.59. The molecule has 0 aromatic rings. The van der Waals surface area contributed by atoms with Crippen LogP contribution in [0.4, 0.5) is 0 Å². The summed E-state index contributed by atoms with van der Waals surface area (Å²) in [4.78, 5) is 34.4. The van der Waals surface area contributed by atoms with Gasteiger partial charge in [-0.2, -0.15) is 0 Å². The predicted molar refractivity (Wildman–Crippen MR) is 73.3 cm³/mol. The van der Waals surface area contributed by atoms with E-state index in [4.69, 9.17) is 14.2 Å². The van der Waals surface area contributed by atoms with Gasteiger partial charge in [0.25, 0.3) is 0 Å². The zero-order valence-corrected chi connectivity index (χ0v) is 12.7. The average molecular weight is 299 g/mol. The number of hydrogen-bond donors (Lipinski definition) is 1. The average Bonchev–Trinajstić information content (AvgIpc) is 2.39. The predicted octanol–water partition coefficient (Wildman–Crippen LogP) is 0.331. The molecule has 0 aromatic carbocycles. The number of nitrogens with one attached hydrogen (secondary N) is 1. The molecule has 0 saturated heterocycles. The Morgan fingerprint density at radius 3 is 2.48 bits per heavy atom. The molecule has 0 aliphatic heterocycles. The monoisotopic (exact) mass is 299 g/mol. The fourth-order valence-corrected chi connectivity index (χ4v) is 2.25. The van der Waals surface area contributed by atoms with Gasteiger partial charge in [-0.05, 0) is 13.0 Å². The van der Waals surface area contributed by atoms with E-state index in [9.17, 15) is 14.4 Å². The van der Waals surface area contributed by atoms with E-state index in [2.05, 4.69) is 5.32 Å². The summed E-state index contributed by atoms with van der Waals surface area (Å²) in [5, 5.41) is 2.69. The lowest BCUT2D eigenvalue weighted by Gasteiger charge is -2.35. The van der Waals surface area contributed by atoms with E-state index < -0.39 is 30.2 Å². The summed E-state index contributed by atoms with van der Waals surface area (Å²) in [5.41, 5.74) is 0.372. The number of hydrogen-bond acceptors (Lipinski definition) is 6. The highest BCUT2D eigenvalue weighted by Crippen LogP contribution is 2.25. The molecule has 0 bridgehead atoms. The van der Waals surface area contributed by atoms with Crippen molar-refractivity contribution in [1.29, 1.82) is 0 Å². The fourth-order valence-electron chi connectivity index (χ4n) is 2.25. The van der Waals surface area contributed by atoms with Crippen LogP contribution < -0.4 is 5.32 Å². The maximum Gasteiger partial charge on any atom is 0.333 e. The largest absolute Gasteiger partial charge is 0.463 e. The minimum Gasteiger partial charge on any atom is -0.463 e. The molecule has 7 heteroatoms. The summed E-state index contributed by atoms with van der Waals surface area (Å²) < 4.78 is 15.5. The van der Waals surface area contributed by atoms with Gasteiger partial charge >= 0.3 is 11.9 Å². The highest BCUT2D eigenvalue weighted by atomic mass is 16.6. The van der Waals surface area contributed by atoms with Crippen molar-refractivity contribution in [2.75, 3.05) is 13.7 Å². The van der Waals surface area contributed by atoms with E-state index >= 15 is 0 Å². The number of carbonyl (C=O) groups is 3. The van der Waals surface area contributed by atoms with Crippen LogP contribution in [-0.4, -0.2) is 49.8 Å². The first kappa shape index (κ1) is 17.2. The van der Waals surface area contributed by atoms with Crippen molar-refractivity contribution in [3.63, 3.8) is 0 Å². The Morgan fingerprint density at radius 2 is 2.00 bits per heavy atom. The quantitative estimate of drug-likeness (QED) is 0.736. The van der Waals surface area contributed by atoms with Crippen molar-refractivity contribution in [3.8, 4) is 0 Å². The topological polar surface area (TPSA) is 90.9 Å². The van der Waals surface area contributed by atoms with E-state index in [1.165, 1.54) is 21.0 Å². The molecular formula is C14H21NO6. The summed E-state index contributed by atoms with van der Waals surface area (Å²) >= 11 is 0. The Balaban J connectivity index is 3.02. The molecule has 1 rings (SSSR count). The molecule has 3 atom stereocenters. The molecule has 1 aliphatic carbocycles. The van der Waals surface area contributed by atoms with Crippen LogP contribution in [0.15, 0.2) is 11.6 Å². The van der Waals surface area contributed by atoms with E-state index in [0.717, 1.165) is 0 Å². The minimum atomic E-state index is -0.680. The number of ether oxygens (including phenoxy) is 3. The van der Waals surface area contributed by atoms with Crippen LogP contribution >= 0.6 is 0 Å². The van der Waals surface area contributed by atoms with E-state index in [1.54, 1.807) is 13.0 Å². The maximum absolute atomic E-state index is 11.8. The SMILES string of the molecule is CCOC(=O)C1=C[C@@H](OC)[C@H](NC(C)=O)[C@@H](OC(C)=O)C1. The molecular weight excluding hydrogens is 278 g/mol. The van der Waals surface area contributed by atoms with Gasteiger partial charge in [0.2, 0.25) is 5.91 Å². The summed E-state index contributed by atoms with van der Waals surface area (Å²) in [6.07, 6.45) is 0.508. The van der Waals surface area contributed by atoms with Gasteiger partial charge in [0.05, 0.1) is 18.8 Å². The summed E-state index contributed by atoms with van der Waals surface area (Å²) in [7, 11) is 1.45. The van der Waals surface area contributed by atoms with E-state index in [-0.39, 0.29) is 18.9 Å². The van der Waals surface area contributed by atoms with Crippen molar-refractivity contribution < 1.29 is 28.6 Å². The minimum absolute atomic E-state index is 0.170. The third-order valence-electron chi connectivity index (χ3n) is 3.04.